The van der Waals surface area contributed by atoms with Gasteiger partial charge in [0.1, 0.15) is 0 Å². The van der Waals surface area contributed by atoms with Crippen LogP contribution in [-0.4, -0.2) is 20.3 Å². The number of rotatable bonds is 5. The van der Waals surface area contributed by atoms with Crippen LogP contribution in [0.2, 0.25) is 0 Å². The van der Waals surface area contributed by atoms with Gasteiger partial charge in [-0.2, -0.15) is 13.2 Å². The molecule has 0 spiro atoms. The molecule has 1 rings (SSSR count). The molecule has 20 heavy (non-hydrogen) atoms. The monoisotopic (exact) mass is 373 g/mol. The van der Waals surface area contributed by atoms with Crippen LogP contribution in [0.15, 0.2) is 23.1 Å². The molecule has 1 aromatic rings. The summed E-state index contributed by atoms with van der Waals surface area (Å²) in [6.07, 6.45) is -4.57. The molecule has 8 heteroatoms. The first-order valence-electron chi connectivity index (χ1n) is 5.82. The fraction of sp³-hybridized carbons (Fsp3) is 0.500. The molecule has 0 bridgehead atoms. The van der Waals surface area contributed by atoms with E-state index in [1.165, 1.54) is 6.07 Å². The van der Waals surface area contributed by atoms with E-state index in [0.29, 0.717) is 5.33 Å². The molecule has 0 radical (unpaired) electrons. The Labute approximate surface area is 124 Å². The van der Waals surface area contributed by atoms with Crippen molar-refractivity contribution < 1.29 is 21.6 Å². The largest absolute Gasteiger partial charge is 0.416 e. The molecule has 0 saturated carbocycles. The van der Waals surface area contributed by atoms with E-state index in [0.717, 1.165) is 19.1 Å². The van der Waals surface area contributed by atoms with Gasteiger partial charge in [-0.25, -0.2) is 13.1 Å². The van der Waals surface area contributed by atoms with Crippen molar-refractivity contribution in [2.45, 2.75) is 24.9 Å². The number of sulfonamides is 1. The molecule has 0 aliphatic heterocycles. The van der Waals surface area contributed by atoms with E-state index in [-0.39, 0.29) is 22.9 Å². The molecule has 0 aromatic heterocycles. The molecule has 0 fully saturated rings. The number of hydrogen-bond donors (Lipinski definition) is 1. The van der Waals surface area contributed by atoms with Crippen LogP contribution < -0.4 is 4.72 Å². The van der Waals surface area contributed by atoms with Crippen molar-refractivity contribution in [1.29, 1.82) is 0 Å². The van der Waals surface area contributed by atoms with Crippen molar-refractivity contribution in [2.24, 2.45) is 5.92 Å². The quantitative estimate of drug-likeness (QED) is 0.804. The molecule has 0 aliphatic carbocycles. The first-order valence-corrected chi connectivity index (χ1v) is 8.42. The first-order chi connectivity index (χ1) is 9.09. The second-order valence-electron chi connectivity index (χ2n) is 4.54. The minimum atomic E-state index is -4.57. The lowest BCUT2D eigenvalue weighted by Crippen LogP contribution is -2.30. The maximum Gasteiger partial charge on any atom is 0.416 e. The number of alkyl halides is 4. The van der Waals surface area contributed by atoms with Crippen molar-refractivity contribution >= 4 is 26.0 Å². The first kappa shape index (κ1) is 17.5. The van der Waals surface area contributed by atoms with Crippen molar-refractivity contribution in [2.75, 3.05) is 11.9 Å². The Kier molecular flexibility index (Phi) is 5.62. The Hall–Kier alpha value is -0.600. The fourth-order valence-electron chi connectivity index (χ4n) is 1.60. The third-order valence-electron chi connectivity index (χ3n) is 2.76. The molecular weight excluding hydrogens is 359 g/mol. The Morgan fingerprint density at radius 1 is 1.35 bits per heavy atom. The fourth-order valence-corrected chi connectivity index (χ4v) is 3.26. The van der Waals surface area contributed by atoms with Crippen LogP contribution in [0, 0.1) is 12.8 Å². The van der Waals surface area contributed by atoms with Gasteiger partial charge in [-0.15, -0.1) is 0 Å². The molecule has 1 aromatic carbocycles. The molecule has 1 N–H and O–H groups in total. The normalized spacial score (nSPS) is 14.3. The van der Waals surface area contributed by atoms with Crippen LogP contribution in [0.3, 0.4) is 0 Å². The number of halogens is 4. The molecule has 0 amide bonds. The predicted octanol–water partition coefficient (Wildman–Crippen LogP) is 3.32. The van der Waals surface area contributed by atoms with E-state index in [1.54, 1.807) is 0 Å². The average molecular weight is 374 g/mol. The van der Waals surface area contributed by atoms with Crippen LogP contribution in [0.1, 0.15) is 18.1 Å². The Morgan fingerprint density at radius 3 is 2.45 bits per heavy atom. The summed E-state index contributed by atoms with van der Waals surface area (Å²) in [5.41, 5.74) is -1.23. The van der Waals surface area contributed by atoms with Gasteiger partial charge >= 0.3 is 6.18 Å². The zero-order chi connectivity index (χ0) is 15.6. The third-order valence-corrected chi connectivity index (χ3v) is 5.44. The van der Waals surface area contributed by atoms with Gasteiger partial charge < -0.3 is 0 Å². The van der Waals surface area contributed by atoms with Gasteiger partial charge in [-0.1, -0.05) is 28.9 Å². The van der Waals surface area contributed by atoms with E-state index in [1.807, 2.05) is 6.92 Å². The zero-order valence-corrected chi connectivity index (χ0v) is 13.4. The van der Waals surface area contributed by atoms with Gasteiger partial charge in [0.15, 0.2) is 0 Å². The Balaban J connectivity index is 3.14. The predicted molar refractivity (Wildman–Crippen MR) is 74.3 cm³/mol. The molecule has 3 nitrogen and oxygen atoms in total. The smallest absolute Gasteiger partial charge is 0.211 e. The topological polar surface area (TPSA) is 46.2 Å². The maximum absolute atomic E-state index is 12.8. The van der Waals surface area contributed by atoms with Crippen molar-refractivity contribution in [3.8, 4) is 0 Å². The van der Waals surface area contributed by atoms with Crippen LogP contribution in [0.4, 0.5) is 13.2 Å². The highest BCUT2D eigenvalue weighted by atomic mass is 79.9. The summed E-state index contributed by atoms with van der Waals surface area (Å²) >= 11 is 3.21. The zero-order valence-electron chi connectivity index (χ0n) is 11.0. The van der Waals surface area contributed by atoms with Crippen LogP contribution >= 0.6 is 15.9 Å². The minimum absolute atomic E-state index is 0.0379. The molecule has 1 atom stereocenters. The SMILES string of the molecule is Cc1c(C(F)(F)F)cccc1S(=O)(=O)NCC(C)CBr. The van der Waals surface area contributed by atoms with Crippen LogP contribution in [-0.2, 0) is 16.2 Å². The van der Waals surface area contributed by atoms with Gasteiger partial charge in [0.05, 0.1) is 10.5 Å². The molecule has 1 unspecified atom stereocenters. The lowest BCUT2D eigenvalue weighted by Gasteiger charge is -2.15. The molecule has 0 saturated heterocycles. The summed E-state index contributed by atoms with van der Waals surface area (Å²) < 4.78 is 64.7. The maximum atomic E-state index is 12.8. The standard InChI is InChI=1S/C12H15BrF3NO2S/c1-8(6-13)7-17-20(18,19)11-5-3-4-10(9(11)2)12(14,15)16/h3-5,8,17H,6-7H2,1-2H3. The molecule has 114 valence electrons. The van der Waals surface area contributed by atoms with Gasteiger partial charge in [0.2, 0.25) is 10.0 Å². The van der Waals surface area contributed by atoms with Gasteiger partial charge in [-0.05, 0) is 30.5 Å². The lowest BCUT2D eigenvalue weighted by atomic mass is 10.1. The van der Waals surface area contributed by atoms with Gasteiger partial charge in [0, 0.05) is 11.9 Å². The van der Waals surface area contributed by atoms with E-state index >= 15 is 0 Å². The van der Waals surface area contributed by atoms with E-state index < -0.39 is 21.8 Å². The van der Waals surface area contributed by atoms with Crippen molar-refractivity contribution in [1.82, 2.24) is 4.72 Å². The molecule has 0 aliphatic rings. The average Bonchev–Trinajstić information content (AvgIpc) is 2.34. The van der Waals surface area contributed by atoms with Crippen molar-refractivity contribution in [3.63, 3.8) is 0 Å². The number of hydrogen-bond acceptors (Lipinski definition) is 2. The summed E-state index contributed by atoms with van der Waals surface area (Å²) in [4.78, 5) is -0.339. The van der Waals surface area contributed by atoms with Gasteiger partial charge in [0.25, 0.3) is 0 Å². The second kappa shape index (κ2) is 6.44. The molecular formula is C12H15BrF3NO2S. The summed E-state index contributed by atoms with van der Waals surface area (Å²) in [6.45, 7) is 3.13. The minimum Gasteiger partial charge on any atom is -0.211 e. The summed E-state index contributed by atoms with van der Waals surface area (Å²) in [7, 11) is -3.95. The Bertz CT molecular complexity index is 573. The van der Waals surface area contributed by atoms with E-state index in [2.05, 4.69) is 20.7 Å². The highest BCUT2D eigenvalue weighted by Crippen LogP contribution is 2.34. The van der Waals surface area contributed by atoms with Crippen molar-refractivity contribution in [3.05, 3.63) is 29.3 Å². The highest BCUT2D eigenvalue weighted by Gasteiger charge is 2.34. The number of benzene rings is 1. The van der Waals surface area contributed by atoms with E-state index in [4.69, 9.17) is 0 Å². The number of nitrogens with one attached hydrogen (secondary N) is 1. The van der Waals surface area contributed by atoms with Crippen LogP contribution in [0.25, 0.3) is 0 Å². The Morgan fingerprint density at radius 2 is 1.95 bits per heavy atom. The summed E-state index contributed by atoms with van der Waals surface area (Å²) in [5.74, 6) is 0.0379. The summed E-state index contributed by atoms with van der Waals surface area (Å²) in [5, 5.41) is 0.594. The third kappa shape index (κ3) is 4.20. The van der Waals surface area contributed by atoms with Gasteiger partial charge in [-0.3, -0.25) is 0 Å². The molecule has 0 heterocycles. The lowest BCUT2D eigenvalue weighted by molar-refractivity contribution is -0.138. The van der Waals surface area contributed by atoms with Crippen LogP contribution in [0.5, 0.6) is 0 Å². The summed E-state index contributed by atoms with van der Waals surface area (Å²) in [6, 6.07) is 3.14. The highest BCUT2D eigenvalue weighted by molar-refractivity contribution is 9.09. The second-order valence-corrected chi connectivity index (χ2v) is 6.92. The van der Waals surface area contributed by atoms with E-state index in [9.17, 15) is 21.6 Å².